The van der Waals surface area contributed by atoms with E-state index in [1.807, 2.05) is 49.4 Å². The van der Waals surface area contributed by atoms with E-state index in [1.54, 1.807) is 11.3 Å². The van der Waals surface area contributed by atoms with Crippen molar-refractivity contribution in [2.45, 2.75) is 20.5 Å². The Morgan fingerprint density at radius 2 is 1.88 bits per heavy atom. The van der Waals surface area contributed by atoms with Crippen LogP contribution >= 0.6 is 11.3 Å². The predicted molar refractivity (Wildman–Crippen MR) is 95.9 cm³/mol. The second kappa shape index (κ2) is 7.31. The molecule has 3 rings (SSSR count). The quantitative estimate of drug-likeness (QED) is 0.728. The summed E-state index contributed by atoms with van der Waals surface area (Å²) < 4.78 is 12.4. The van der Waals surface area contributed by atoms with Gasteiger partial charge in [-0.25, -0.2) is 4.98 Å². The minimum atomic E-state index is -0.0930. The number of hydrogen-bond acceptors (Lipinski definition) is 5. The van der Waals surface area contributed by atoms with E-state index in [2.05, 4.69) is 10.3 Å². The molecule has 6 heteroatoms. The number of amides is 1. The van der Waals surface area contributed by atoms with Gasteiger partial charge in [-0.2, -0.15) is 0 Å². The van der Waals surface area contributed by atoms with E-state index >= 15 is 0 Å². The third-order valence-electron chi connectivity index (χ3n) is 3.25. The Labute approximate surface area is 144 Å². The largest absolute Gasteiger partial charge is 0.494 e. The maximum atomic E-state index is 11.0. The Hall–Kier alpha value is -2.60. The highest BCUT2D eigenvalue weighted by molar-refractivity contribution is 7.18. The van der Waals surface area contributed by atoms with E-state index in [9.17, 15) is 4.79 Å². The summed E-state index contributed by atoms with van der Waals surface area (Å²) in [7, 11) is 0. The number of hydrogen-bond donors (Lipinski definition) is 1. The Bertz CT molecular complexity index is 843. The van der Waals surface area contributed by atoms with E-state index in [0.29, 0.717) is 13.2 Å². The van der Waals surface area contributed by atoms with Crippen molar-refractivity contribution in [3.05, 3.63) is 47.5 Å². The number of carbonyl (C=O) groups is 1. The van der Waals surface area contributed by atoms with Gasteiger partial charge in [-0.1, -0.05) is 0 Å². The molecule has 0 saturated heterocycles. The molecule has 2 aromatic carbocycles. The van der Waals surface area contributed by atoms with Crippen molar-refractivity contribution in [2.75, 3.05) is 11.9 Å². The molecule has 1 amide bonds. The van der Waals surface area contributed by atoms with Gasteiger partial charge in [0, 0.05) is 12.6 Å². The number of nitrogens with zero attached hydrogens (tertiary/aromatic N) is 1. The average Bonchev–Trinajstić information content (AvgIpc) is 2.96. The zero-order chi connectivity index (χ0) is 16.9. The number of aromatic nitrogens is 1. The summed E-state index contributed by atoms with van der Waals surface area (Å²) in [5.74, 6) is 1.50. The smallest absolute Gasteiger partial charge is 0.221 e. The lowest BCUT2D eigenvalue weighted by Crippen LogP contribution is -2.05. The first-order chi connectivity index (χ1) is 11.6. The van der Waals surface area contributed by atoms with Crippen LogP contribution in [0, 0.1) is 0 Å². The molecule has 0 radical (unpaired) electrons. The molecule has 0 unspecified atom stereocenters. The first kappa shape index (κ1) is 16.3. The second-order valence-electron chi connectivity index (χ2n) is 5.16. The molecule has 0 saturated carbocycles. The van der Waals surface area contributed by atoms with Crippen LogP contribution in [0.2, 0.25) is 0 Å². The lowest BCUT2D eigenvalue weighted by atomic mass is 10.3. The topological polar surface area (TPSA) is 60.5 Å². The van der Waals surface area contributed by atoms with Crippen LogP contribution in [0.15, 0.2) is 42.5 Å². The fourth-order valence-corrected chi connectivity index (χ4v) is 3.16. The highest BCUT2D eigenvalue weighted by atomic mass is 32.1. The molecule has 0 spiro atoms. The SMILES string of the molecule is CCOc1ccc2nc(COc3ccc(NC(C)=O)cc3)sc2c1. The molecule has 0 bridgehead atoms. The van der Waals surface area contributed by atoms with Gasteiger partial charge in [0.1, 0.15) is 23.1 Å². The first-order valence-electron chi connectivity index (χ1n) is 7.67. The third kappa shape index (κ3) is 4.02. The van der Waals surface area contributed by atoms with Gasteiger partial charge in [0.25, 0.3) is 0 Å². The highest BCUT2D eigenvalue weighted by Gasteiger charge is 2.06. The van der Waals surface area contributed by atoms with Crippen molar-refractivity contribution < 1.29 is 14.3 Å². The molecule has 124 valence electrons. The van der Waals surface area contributed by atoms with Crippen molar-refractivity contribution in [3.63, 3.8) is 0 Å². The third-order valence-corrected chi connectivity index (χ3v) is 4.24. The van der Waals surface area contributed by atoms with E-state index in [-0.39, 0.29) is 5.91 Å². The minimum absolute atomic E-state index is 0.0930. The number of rotatable bonds is 6. The minimum Gasteiger partial charge on any atom is -0.494 e. The van der Waals surface area contributed by atoms with Gasteiger partial charge in [0.2, 0.25) is 5.91 Å². The molecule has 1 N–H and O–H groups in total. The molecule has 0 aliphatic carbocycles. The van der Waals surface area contributed by atoms with Crippen LogP contribution in [0.4, 0.5) is 5.69 Å². The van der Waals surface area contributed by atoms with Crippen LogP contribution in [0.1, 0.15) is 18.9 Å². The first-order valence-corrected chi connectivity index (χ1v) is 8.48. The monoisotopic (exact) mass is 342 g/mol. The molecule has 1 heterocycles. The number of nitrogens with one attached hydrogen (secondary N) is 1. The van der Waals surface area contributed by atoms with Crippen molar-refractivity contribution in [3.8, 4) is 11.5 Å². The van der Waals surface area contributed by atoms with E-state index in [4.69, 9.17) is 9.47 Å². The lowest BCUT2D eigenvalue weighted by molar-refractivity contribution is -0.114. The number of thiazole rings is 1. The van der Waals surface area contributed by atoms with Crippen LogP contribution in [-0.4, -0.2) is 17.5 Å². The standard InChI is InChI=1S/C18H18N2O3S/c1-3-22-15-8-9-16-17(10-15)24-18(20-16)11-23-14-6-4-13(5-7-14)19-12(2)21/h4-10H,3,11H2,1-2H3,(H,19,21). The van der Waals surface area contributed by atoms with Crippen LogP contribution < -0.4 is 14.8 Å². The number of benzene rings is 2. The summed E-state index contributed by atoms with van der Waals surface area (Å²) in [6.07, 6.45) is 0. The summed E-state index contributed by atoms with van der Waals surface area (Å²) in [6.45, 7) is 4.50. The zero-order valence-corrected chi connectivity index (χ0v) is 14.4. The van der Waals surface area contributed by atoms with Gasteiger partial charge in [-0.15, -0.1) is 11.3 Å². The fourth-order valence-electron chi connectivity index (χ4n) is 2.25. The van der Waals surface area contributed by atoms with E-state index < -0.39 is 0 Å². The molecule has 0 atom stereocenters. The predicted octanol–water partition coefficient (Wildman–Crippen LogP) is 4.23. The summed E-state index contributed by atoms with van der Waals surface area (Å²) in [5.41, 5.74) is 1.70. The molecule has 1 aromatic heterocycles. The normalized spacial score (nSPS) is 10.6. The molecule has 5 nitrogen and oxygen atoms in total. The Balaban J connectivity index is 1.65. The summed E-state index contributed by atoms with van der Waals surface area (Å²) in [5, 5.41) is 3.63. The molecular weight excluding hydrogens is 324 g/mol. The summed E-state index contributed by atoms with van der Waals surface area (Å²) in [4.78, 5) is 15.6. The lowest BCUT2D eigenvalue weighted by Gasteiger charge is -2.05. The van der Waals surface area contributed by atoms with Crippen molar-refractivity contribution >= 4 is 33.1 Å². The van der Waals surface area contributed by atoms with Crippen molar-refractivity contribution in [1.82, 2.24) is 4.98 Å². The highest BCUT2D eigenvalue weighted by Crippen LogP contribution is 2.27. The van der Waals surface area contributed by atoms with Gasteiger partial charge in [0.15, 0.2) is 0 Å². The van der Waals surface area contributed by atoms with Crippen molar-refractivity contribution in [2.24, 2.45) is 0 Å². The van der Waals surface area contributed by atoms with Crippen molar-refractivity contribution in [1.29, 1.82) is 0 Å². The fraction of sp³-hybridized carbons (Fsp3) is 0.222. The number of fused-ring (bicyclic) bond motifs is 1. The van der Waals surface area contributed by atoms with Crippen LogP contribution in [0.3, 0.4) is 0 Å². The molecule has 0 aliphatic rings. The number of anilines is 1. The van der Waals surface area contributed by atoms with Crippen LogP contribution in [0.25, 0.3) is 10.2 Å². The van der Waals surface area contributed by atoms with Crippen LogP contribution in [0.5, 0.6) is 11.5 Å². The van der Waals surface area contributed by atoms with Gasteiger partial charge in [-0.3, -0.25) is 4.79 Å². The zero-order valence-electron chi connectivity index (χ0n) is 13.5. The number of carbonyl (C=O) groups excluding carboxylic acids is 1. The number of ether oxygens (including phenoxy) is 2. The maximum absolute atomic E-state index is 11.0. The molecule has 0 fully saturated rings. The molecule has 24 heavy (non-hydrogen) atoms. The molecule has 0 aliphatic heterocycles. The van der Waals surface area contributed by atoms with Gasteiger partial charge < -0.3 is 14.8 Å². The Morgan fingerprint density at radius 3 is 2.58 bits per heavy atom. The van der Waals surface area contributed by atoms with Gasteiger partial charge in [0.05, 0.1) is 16.8 Å². The second-order valence-corrected chi connectivity index (χ2v) is 6.28. The van der Waals surface area contributed by atoms with E-state index in [0.717, 1.165) is 32.4 Å². The average molecular weight is 342 g/mol. The Morgan fingerprint density at radius 1 is 1.12 bits per heavy atom. The summed E-state index contributed by atoms with van der Waals surface area (Å²) >= 11 is 1.59. The van der Waals surface area contributed by atoms with E-state index in [1.165, 1.54) is 6.92 Å². The maximum Gasteiger partial charge on any atom is 0.221 e. The van der Waals surface area contributed by atoms with Gasteiger partial charge >= 0.3 is 0 Å². The van der Waals surface area contributed by atoms with Gasteiger partial charge in [-0.05, 0) is 49.4 Å². The summed E-state index contributed by atoms with van der Waals surface area (Å²) in [6, 6.07) is 13.2. The van der Waals surface area contributed by atoms with Crippen LogP contribution in [-0.2, 0) is 11.4 Å². The Kier molecular flexibility index (Phi) is 4.96. The molecule has 3 aromatic rings. The molecular formula is C18H18N2O3S.